The van der Waals surface area contributed by atoms with Crippen molar-refractivity contribution in [2.24, 2.45) is 23.0 Å². The monoisotopic (exact) mass is 292 g/mol. The standard InChI is InChI=1S/C18H32N2O/c1-17(2)16-14(9-11-21-16)18(17,19)12-20-10-5-7-13-6-3-4-8-15(13)20/h13-16H,3-12,19H2,1-2H3/t13-,14?,15-,16?,18?/m1/s1. The van der Waals surface area contributed by atoms with Gasteiger partial charge in [-0.25, -0.2) is 0 Å². The second-order valence-electron chi connectivity index (χ2n) is 8.67. The fraction of sp³-hybridized carbons (Fsp3) is 1.00. The quantitative estimate of drug-likeness (QED) is 0.850. The molecule has 2 saturated carbocycles. The Kier molecular flexibility index (Phi) is 3.40. The number of hydrogen-bond acceptors (Lipinski definition) is 3. The van der Waals surface area contributed by atoms with Crippen molar-refractivity contribution in [3.63, 3.8) is 0 Å². The van der Waals surface area contributed by atoms with Gasteiger partial charge in [0.25, 0.3) is 0 Å². The van der Waals surface area contributed by atoms with Crippen molar-refractivity contribution in [3.05, 3.63) is 0 Å². The van der Waals surface area contributed by atoms with Crippen LogP contribution in [0.3, 0.4) is 0 Å². The number of rotatable bonds is 2. The highest BCUT2D eigenvalue weighted by Gasteiger charge is 2.68. The Morgan fingerprint density at radius 1 is 1.10 bits per heavy atom. The predicted molar refractivity (Wildman–Crippen MR) is 85.1 cm³/mol. The van der Waals surface area contributed by atoms with Gasteiger partial charge in [0.1, 0.15) is 0 Å². The zero-order chi connectivity index (χ0) is 14.7. The van der Waals surface area contributed by atoms with Gasteiger partial charge >= 0.3 is 0 Å². The number of fused-ring (bicyclic) bond motifs is 2. The molecule has 0 aromatic rings. The van der Waals surface area contributed by atoms with E-state index in [1.807, 2.05) is 0 Å². The number of nitrogens with zero attached hydrogens (tertiary/aromatic N) is 1. The van der Waals surface area contributed by atoms with Crippen LogP contribution in [0.2, 0.25) is 0 Å². The summed E-state index contributed by atoms with van der Waals surface area (Å²) in [7, 11) is 0. The molecule has 2 aliphatic heterocycles. The molecule has 0 aromatic carbocycles. The third-order valence-electron chi connectivity index (χ3n) is 7.49. The highest BCUT2D eigenvalue weighted by atomic mass is 16.5. The lowest BCUT2D eigenvalue weighted by Crippen LogP contribution is -2.78. The Hall–Kier alpha value is -0.120. The molecule has 0 aromatic heterocycles. The van der Waals surface area contributed by atoms with Gasteiger partial charge < -0.3 is 10.5 Å². The molecular formula is C18H32N2O. The maximum Gasteiger partial charge on any atom is 0.0691 e. The van der Waals surface area contributed by atoms with Crippen molar-refractivity contribution in [1.29, 1.82) is 0 Å². The summed E-state index contributed by atoms with van der Waals surface area (Å²) in [6.45, 7) is 7.97. The molecule has 21 heavy (non-hydrogen) atoms. The number of ether oxygens (including phenoxy) is 1. The first kappa shape index (κ1) is 14.5. The summed E-state index contributed by atoms with van der Waals surface area (Å²) in [5, 5.41) is 0. The summed E-state index contributed by atoms with van der Waals surface area (Å²) >= 11 is 0. The van der Waals surface area contributed by atoms with Crippen LogP contribution >= 0.6 is 0 Å². The van der Waals surface area contributed by atoms with Gasteiger partial charge in [-0.2, -0.15) is 0 Å². The van der Waals surface area contributed by atoms with Crippen LogP contribution in [-0.2, 0) is 4.74 Å². The Morgan fingerprint density at radius 2 is 1.86 bits per heavy atom. The van der Waals surface area contributed by atoms with Gasteiger partial charge in [0, 0.05) is 36.1 Å². The van der Waals surface area contributed by atoms with Crippen LogP contribution in [0.4, 0.5) is 0 Å². The maximum absolute atomic E-state index is 7.00. The Bertz CT molecular complexity index is 408. The normalized spacial score (nSPS) is 49.3. The van der Waals surface area contributed by atoms with Gasteiger partial charge in [-0.3, -0.25) is 4.90 Å². The Labute approximate surface area is 129 Å². The summed E-state index contributed by atoms with van der Waals surface area (Å²) in [4.78, 5) is 2.78. The largest absolute Gasteiger partial charge is 0.377 e. The molecule has 0 spiro atoms. The molecule has 2 saturated heterocycles. The van der Waals surface area contributed by atoms with E-state index in [1.54, 1.807) is 0 Å². The zero-order valence-corrected chi connectivity index (χ0v) is 13.8. The second-order valence-corrected chi connectivity index (χ2v) is 8.67. The minimum Gasteiger partial charge on any atom is -0.377 e. The third kappa shape index (κ3) is 1.96. The van der Waals surface area contributed by atoms with Crippen molar-refractivity contribution in [2.45, 2.75) is 76.5 Å². The molecule has 2 N–H and O–H groups in total. The zero-order valence-electron chi connectivity index (χ0n) is 13.8. The molecule has 3 nitrogen and oxygen atoms in total. The molecule has 0 bridgehead atoms. The van der Waals surface area contributed by atoms with Crippen LogP contribution in [-0.4, -0.2) is 42.3 Å². The maximum atomic E-state index is 7.00. The fourth-order valence-corrected chi connectivity index (χ4v) is 6.06. The minimum atomic E-state index is -0.0342. The molecule has 3 heteroatoms. The first-order chi connectivity index (χ1) is 10.0. The molecule has 120 valence electrons. The molecule has 5 atom stereocenters. The van der Waals surface area contributed by atoms with Crippen LogP contribution in [0.5, 0.6) is 0 Å². The van der Waals surface area contributed by atoms with Crippen molar-refractivity contribution in [1.82, 2.24) is 4.90 Å². The van der Waals surface area contributed by atoms with Gasteiger partial charge in [-0.05, 0) is 44.6 Å². The predicted octanol–water partition coefficient (Wildman–Crippen LogP) is 2.78. The average molecular weight is 292 g/mol. The van der Waals surface area contributed by atoms with Crippen LogP contribution < -0.4 is 5.73 Å². The molecule has 0 radical (unpaired) electrons. The number of likely N-dealkylation sites (tertiary alicyclic amines) is 1. The van der Waals surface area contributed by atoms with Gasteiger partial charge in [-0.1, -0.05) is 26.7 Å². The Morgan fingerprint density at radius 3 is 2.71 bits per heavy atom. The summed E-state index contributed by atoms with van der Waals surface area (Å²) < 4.78 is 5.96. The van der Waals surface area contributed by atoms with Gasteiger partial charge in [0.05, 0.1) is 6.10 Å². The molecule has 3 unspecified atom stereocenters. The molecule has 4 rings (SSSR count). The minimum absolute atomic E-state index is 0.0342. The van der Waals surface area contributed by atoms with E-state index in [9.17, 15) is 0 Å². The average Bonchev–Trinajstić information content (AvgIpc) is 2.96. The molecule has 4 aliphatic rings. The van der Waals surface area contributed by atoms with E-state index in [1.165, 1.54) is 51.5 Å². The lowest BCUT2D eigenvalue weighted by atomic mass is 9.48. The van der Waals surface area contributed by atoms with E-state index in [4.69, 9.17) is 10.5 Å². The lowest BCUT2D eigenvalue weighted by molar-refractivity contribution is -0.169. The van der Waals surface area contributed by atoms with Crippen molar-refractivity contribution < 1.29 is 4.74 Å². The van der Waals surface area contributed by atoms with E-state index in [0.717, 1.165) is 25.1 Å². The molecule has 2 aliphatic carbocycles. The van der Waals surface area contributed by atoms with E-state index in [2.05, 4.69) is 18.7 Å². The van der Waals surface area contributed by atoms with E-state index >= 15 is 0 Å². The van der Waals surface area contributed by atoms with Crippen molar-refractivity contribution in [2.75, 3.05) is 19.7 Å². The summed E-state index contributed by atoms with van der Waals surface area (Å²) in [6.07, 6.45) is 10.2. The van der Waals surface area contributed by atoms with E-state index in [0.29, 0.717) is 12.0 Å². The van der Waals surface area contributed by atoms with Crippen molar-refractivity contribution >= 4 is 0 Å². The SMILES string of the molecule is CC1(C)C2OCCC2C1(N)CN1CCC[C@H]2CCCC[C@H]21. The fourth-order valence-electron chi connectivity index (χ4n) is 6.06. The topological polar surface area (TPSA) is 38.5 Å². The van der Waals surface area contributed by atoms with Crippen LogP contribution in [0.15, 0.2) is 0 Å². The highest BCUT2D eigenvalue weighted by Crippen LogP contribution is 2.58. The summed E-state index contributed by atoms with van der Waals surface area (Å²) in [5.74, 6) is 1.55. The van der Waals surface area contributed by atoms with E-state index < -0.39 is 0 Å². The second kappa shape index (κ2) is 4.94. The highest BCUT2D eigenvalue weighted by molar-refractivity contribution is 5.22. The first-order valence-electron chi connectivity index (χ1n) is 9.18. The van der Waals surface area contributed by atoms with Crippen LogP contribution in [0.25, 0.3) is 0 Å². The van der Waals surface area contributed by atoms with Gasteiger partial charge in [0.15, 0.2) is 0 Å². The van der Waals surface area contributed by atoms with Crippen molar-refractivity contribution in [3.8, 4) is 0 Å². The molecule has 4 fully saturated rings. The Balaban J connectivity index is 1.52. The molecule has 0 amide bonds. The van der Waals surface area contributed by atoms with E-state index in [-0.39, 0.29) is 11.0 Å². The molecule has 2 heterocycles. The smallest absolute Gasteiger partial charge is 0.0691 e. The van der Waals surface area contributed by atoms with Crippen LogP contribution in [0, 0.1) is 17.3 Å². The number of piperidine rings is 1. The number of hydrogen-bond donors (Lipinski definition) is 1. The van der Waals surface area contributed by atoms with Gasteiger partial charge in [-0.15, -0.1) is 0 Å². The third-order valence-corrected chi connectivity index (χ3v) is 7.49. The summed E-state index contributed by atoms with van der Waals surface area (Å²) in [5.41, 5.74) is 7.10. The summed E-state index contributed by atoms with van der Waals surface area (Å²) in [6, 6.07) is 0.824. The molecular weight excluding hydrogens is 260 g/mol. The number of nitrogens with two attached hydrogens (primary N) is 1. The first-order valence-corrected chi connectivity index (χ1v) is 9.18. The lowest BCUT2D eigenvalue weighted by Gasteiger charge is -2.64. The van der Waals surface area contributed by atoms with Crippen LogP contribution in [0.1, 0.15) is 58.8 Å². The van der Waals surface area contributed by atoms with Gasteiger partial charge in [0.2, 0.25) is 0 Å².